The lowest BCUT2D eigenvalue weighted by Gasteiger charge is -2.11. The van der Waals surface area contributed by atoms with Crippen molar-refractivity contribution in [3.8, 4) is 11.5 Å². The number of nitrogens with two attached hydrogens (primary N) is 1. The summed E-state index contributed by atoms with van der Waals surface area (Å²) in [6.45, 7) is 1.48. The molecule has 0 saturated heterocycles. The fraction of sp³-hybridized carbons (Fsp3) is 0.350. The zero-order valence-electron chi connectivity index (χ0n) is 14.9. The van der Waals surface area contributed by atoms with Crippen molar-refractivity contribution in [2.24, 2.45) is 5.73 Å². The maximum absolute atomic E-state index is 5.78. The zero-order valence-corrected chi connectivity index (χ0v) is 14.9. The van der Waals surface area contributed by atoms with Gasteiger partial charge in [-0.3, -0.25) is 0 Å². The average Bonchev–Trinajstić information content (AvgIpc) is 2.98. The number of fused-ring (bicyclic) bond motifs is 1. The Morgan fingerprint density at radius 2 is 1.72 bits per heavy atom. The van der Waals surface area contributed by atoms with Crippen molar-refractivity contribution in [2.45, 2.75) is 25.8 Å². The number of imidazole rings is 1. The summed E-state index contributed by atoms with van der Waals surface area (Å²) in [5.41, 5.74) is 9.12. The van der Waals surface area contributed by atoms with Crippen LogP contribution in [0.25, 0.3) is 11.0 Å². The van der Waals surface area contributed by atoms with Gasteiger partial charge in [0.15, 0.2) is 11.5 Å². The molecule has 3 rings (SSSR count). The Bertz CT molecular complexity index is 828. The lowest BCUT2D eigenvalue weighted by atomic mass is 10.1. The van der Waals surface area contributed by atoms with Crippen molar-refractivity contribution in [1.82, 2.24) is 9.55 Å². The van der Waals surface area contributed by atoms with Crippen LogP contribution in [0.15, 0.2) is 42.5 Å². The number of rotatable bonds is 8. The first-order chi connectivity index (χ1) is 12.3. The first-order valence-corrected chi connectivity index (χ1v) is 8.62. The first-order valence-electron chi connectivity index (χ1n) is 8.62. The Hall–Kier alpha value is -2.53. The van der Waals surface area contributed by atoms with Crippen molar-refractivity contribution in [3.63, 3.8) is 0 Å². The lowest BCUT2D eigenvalue weighted by Crippen LogP contribution is -2.10. The quantitative estimate of drug-likeness (QED) is 0.685. The topological polar surface area (TPSA) is 62.3 Å². The maximum Gasteiger partial charge on any atom is 0.163 e. The Morgan fingerprint density at radius 1 is 1.00 bits per heavy atom. The van der Waals surface area contributed by atoms with E-state index >= 15 is 0 Å². The van der Waals surface area contributed by atoms with Crippen LogP contribution in [0.5, 0.6) is 11.5 Å². The summed E-state index contributed by atoms with van der Waals surface area (Å²) in [6, 6.07) is 14.5. The third kappa shape index (κ3) is 3.77. The molecule has 0 saturated carbocycles. The van der Waals surface area contributed by atoms with E-state index in [1.807, 2.05) is 18.2 Å². The highest BCUT2D eigenvalue weighted by molar-refractivity contribution is 5.80. The van der Waals surface area contributed by atoms with Crippen LogP contribution in [0, 0.1) is 0 Å². The molecule has 0 bridgehead atoms. The van der Waals surface area contributed by atoms with Crippen LogP contribution < -0.4 is 15.2 Å². The molecule has 0 aliphatic rings. The summed E-state index contributed by atoms with van der Waals surface area (Å²) in [7, 11) is 3.29. The summed E-state index contributed by atoms with van der Waals surface area (Å²) in [6.07, 6.45) is 2.84. The molecule has 0 aliphatic heterocycles. The minimum Gasteiger partial charge on any atom is -0.493 e. The molecule has 1 aromatic heterocycles. The SMILES string of the molecule is COc1cc2nc(CCN)n(CCCc3ccccc3)c2cc1OC. The molecule has 0 spiro atoms. The summed E-state index contributed by atoms with van der Waals surface area (Å²) in [4.78, 5) is 4.76. The number of aryl methyl sites for hydroxylation is 2. The number of benzene rings is 2. The van der Waals surface area contributed by atoms with Crippen LogP contribution in [-0.2, 0) is 19.4 Å². The van der Waals surface area contributed by atoms with Gasteiger partial charge in [-0.25, -0.2) is 4.98 Å². The van der Waals surface area contributed by atoms with E-state index in [-0.39, 0.29) is 0 Å². The van der Waals surface area contributed by atoms with Gasteiger partial charge in [0.1, 0.15) is 5.82 Å². The second kappa shape index (κ2) is 8.03. The minimum absolute atomic E-state index is 0.580. The van der Waals surface area contributed by atoms with E-state index in [0.29, 0.717) is 12.3 Å². The Kier molecular flexibility index (Phi) is 5.56. The molecule has 0 aliphatic carbocycles. The number of methoxy groups -OCH3 is 2. The fourth-order valence-electron chi connectivity index (χ4n) is 3.16. The summed E-state index contributed by atoms with van der Waals surface area (Å²) >= 11 is 0. The molecular weight excluding hydrogens is 314 g/mol. The van der Waals surface area contributed by atoms with Crippen LogP contribution in [0.1, 0.15) is 17.8 Å². The van der Waals surface area contributed by atoms with Gasteiger partial charge in [0.2, 0.25) is 0 Å². The molecular formula is C20H25N3O2. The third-order valence-corrected chi connectivity index (χ3v) is 4.39. The zero-order chi connectivity index (χ0) is 17.6. The number of hydrogen-bond acceptors (Lipinski definition) is 4. The Balaban J connectivity index is 1.89. The highest BCUT2D eigenvalue weighted by Gasteiger charge is 2.14. The lowest BCUT2D eigenvalue weighted by molar-refractivity contribution is 0.355. The van der Waals surface area contributed by atoms with E-state index < -0.39 is 0 Å². The summed E-state index contributed by atoms with van der Waals surface area (Å²) in [5.74, 6) is 2.43. The van der Waals surface area contributed by atoms with Crippen LogP contribution in [0.2, 0.25) is 0 Å². The van der Waals surface area contributed by atoms with Gasteiger partial charge in [0, 0.05) is 25.1 Å². The molecule has 3 aromatic rings. The normalized spacial score (nSPS) is 11.0. The standard InChI is InChI=1S/C20H25N3O2/c1-24-18-13-16-17(14-19(18)25-2)23(20(22-16)10-11-21)12-6-9-15-7-4-3-5-8-15/h3-5,7-8,13-14H,6,9-12,21H2,1-2H3. The van der Waals surface area contributed by atoms with Gasteiger partial charge in [-0.05, 0) is 24.9 Å². The maximum atomic E-state index is 5.78. The van der Waals surface area contributed by atoms with Crippen LogP contribution in [0.4, 0.5) is 0 Å². The smallest absolute Gasteiger partial charge is 0.163 e. The van der Waals surface area contributed by atoms with Crippen LogP contribution >= 0.6 is 0 Å². The number of ether oxygens (including phenoxy) is 2. The van der Waals surface area contributed by atoms with E-state index in [2.05, 4.69) is 28.8 Å². The predicted molar refractivity (Wildman–Crippen MR) is 100 cm³/mol. The van der Waals surface area contributed by atoms with Gasteiger partial charge in [-0.15, -0.1) is 0 Å². The average molecular weight is 339 g/mol. The predicted octanol–water partition coefficient (Wildman–Crippen LogP) is 3.19. The second-order valence-corrected chi connectivity index (χ2v) is 6.00. The number of aromatic nitrogens is 2. The van der Waals surface area contributed by atoms with Gasteiger partial charge in [0.25, 0.3) is 0 Å². The van der Waals surface area contributed by atoms with Gasteiger partial charge in [-0.1, -0.05) is 30.3 Å². The molecule has 25 heavy (non-hydrogen) atoms. The van der Waals surface area contributed by atoms with E-state index in [0.717, 1.165) is 48.4 Å². The first kappa shape index (κ1) is 17.3. The molecule has 2 aromatic carbocycles. The Morgan fingerprint density at radius 3 is 2.40 bits per heavy atom. The molecule has 0 radical (unpaired) electrons. The molecule has 0 unspecified atom stereocenters. The van der Waals surface area contributed by atoms with Crippen molar-refractivity contribution in [2.75, 3.05) is 20.8 Å². The second-order valence-electron chi connectivity index (χ2n) is 6.00. The molecule has 5 nitrogen and oxygen atoms in total. The van der Waals surface area contributed by atoms with Crippen molar-refractivity contribution < 1.29 is 9.47 Å². The van der Waals surface area contributed by atoms with Crippen LogP contribution in [-0.4, -0.2) is 30.3 Å². The van der Waals surface area contributed by atoms with Gasteiger partial charge in [-0.2, -0.15) is 0 Å². The summed E-state index contributed by atoms with van der Waals surface area (Å²) < 4.78 is 13.1. The van der Waals surface area contributed by atoms with E-state index in [4.69, 9.17) is 20.2 Å². The molecule has 0 atom stereocenters. The third-order valence-electron chi connectivity index (χ3n) is 4.39. The van der Waals surface area contributed by atoms with Crippen molar-refractivity contribution in [3.05, 3.63) is 53.9 Å². The minimum atomic E-state index is 0.580. The highest BCUT2D eigenvalue weighted by atomic mass is 16.5. The largest absolute Gasteiger partial charge is 0.493 e. The molecule has 1 heterocycles. The van der Waals surface area contributed by atoms with Gasteiger partial charge < -0.3 is 19.8 Å². The van der Waals surface area contributed by atoms with Crippen LogP contribution in [0.3, 0.4) is 0 Å². The van der Waals surface area contributed by atoms with Gasteiger partial charge >= 0.3 is 0 Å². The number of hydrogen-bond donors (Lipinski definition) is 1. The Labute approximate surface area is 148 Å². The molecule has 132 valence electrons. The van der Waals surface area contributed by atoms with E-state index in [9.17, 15) is 0 Å². The van der Waals surface area contributed by atoms with E-state index in [1.165, 1.54) is 5.56 Å². The van der Waals surface area contributed by atoms with Gasteiger partial charge in [0.05, 0.1) is 25.3 Å². The molecule has 0 amide bonds. The highest BCUT2D eigenvalue weighted by Crippen LogP contribution is 2.32. The van der Waals surface area contributed by atoms with Crippen molar-refractivity contribution >= 4 is 11.0 Å². The van der Waals surface area contributed by atoms with E-state index in [1.54, 1.807) is 14.2 Å². The fourth-order valence-corrected chi connectivity index (χ4v) is 3.16. The summed E-state index contributed by atoms with van der Waals surface area (Å²) in [5, 5.41) is 0. The number of nitrogens with zero attached hydrogens (tertiary/aromatic N) is 2. The molecule has 0 fully saturated rings. The monoisotopic (exact) mass is 339 g/mol. The molecule has 2 N–H and O–H groups in total. The van der Waals surface area contributed by atoms with Crippen molar-refractivity contribution in [1.29, 1.82) is 0 Å². The molecule has 5 heteroatoms.